The SMILES string of the molecule is C1=C(c2ccccc2)/N=C(c2ccc(-c3ccccc3)cc2)\C=C(\c2cccc(-c3nc(-c4ccccc4)nc(-c4ccc5c(c4)oc4ccccc45)n3)c2)CC\1. The van der Waals surface area contributed by atoms with Crippen molar-refractivity contribution in [2.24, 2.45) is 4.99 Å². The van der Waals surface area contributed by atoms with E-state index in [2.05, 4.69) is 127 Å². The van der Waals surface area contributed by atoms with E-state index in [1.807, 2.05) is 66.7 Å². The first kappa shape index (κ1) is 34.0. The van der Waals surface area contributed by atoms with E-state index in [9.17, 15) is 0 Å². The van der Waals surface area contributed by atoms with E-state index in [4.69, 9.17) is 24.4 Å². The summed E-state index contributed by atoms with van der Waals surface area (Å²) in [5.41, 5.74) is 13.1. The summed E-state index contributed by atoms with van der Waals surface area (Å²) in [4.78, 5) is 20.5. The van der Waals surface area contributed by atoms with E-state index >= 15 is 0 Å². The number of rotatable bonds is 7. The third kappa shape index (κ3) is 6.99. The van der Waals surface area contributed by atoms with Gasteiger partial charge < -0.3 is 4.42 Å². The first-order valence-corrected chi connectivity index (χ1v) is 19.3. The van der Waals surface area contributed by atoms with Gasteiger partial charge in [0.2, 0.25) is 0 Å². The van der Waals surface area contributed by atoms with Gasteiger partial charge in [0.05, 0.1) is 11.4 Å². The molecule has 0 bridgehead atoms. The van der Waals surface area contributed by atoms with Crippen molar-refractivity contribution in [2.75, 3.05) is 0 Å². The number of allylic oxidation sites excluding steroid dienone is 3. The van der Waals surface area contributed by atoms with Crippen LogP contribution in [0.3, 0.4) is 0 Å². The molecule has 0 radical (unpaired) electrons. The van der Waals surface area contributed by atoms with E-state index in [0.717, 1.165) is 79.6 Å². The zero-order valence-electron chi connectivity index (χ0n) is 31.1. The molecular weight excluding hydrogens is 697 g/mol. The highest BCUT2D eigenvalue weighted by atomic mass is 16.3. The van der Waals surface area contributed by atoms with Crippen molar-refractivity contribution in [3.63, 3.8) is 0 Å². The highest BCUT2D eigenvalue weighted by Gasteiger charge is 2.17. The van der Waals surface area contributed by atoms with Crippen LogP contribution in [-0.4, -0.2) is 20.7 Å². The fraction of sp³-hybridized carbons (Fsp3) is 0.0385. The largest absolute Gasteiger partial charge is 0.456 e. The molecule has 0 saturated heterocycles. The molecule has 10 rings (SSSR count). The molecule has 1 aliphatic rings. The highest BCUT2D eigenvalue weighted by Crippen LogP contribution is 2.34. The molecule has 0 fully saturated rings. The Morgan fingerprint density at radius 2 is 0.912 bits per heavy atom. The van der Waals surface area contributed by atoms with Crippen LogP contribution in [0.5, 0.6) is 0 Å². The molecule has 270 valence electrons. The molecule has 57 heavy (non-hydrogen) atoms. The molecule has 1 aliphatic heterocycles. The smallest absolute Gasteiger partial charge is 0.164 e. The van der Waals surface area contributed by atoms with Gasteiger partial charge in [-0.15, -0.1) is 0 Å². The fourth-order valence-corrected chi connectivity index (χ4v) is 7.51. The Morgan fingerprint density at radius 3 is 1.65 bits per heavy atom. The molecule has 5 nitrogen and oxygen atoms in total. The maximum Gasteiger partial charge on any atom is 0.164 e. The normalized spacial score (nSPS) is 15.8. The van der Waals surface area contributed by atoms with E-state index in [1.54, 1.807) is 0 Å². The Morgan fingerprint density at radius 1 is 0.386 bits per heavy atom. The summed E-state index contributed by atoms with van der Waals surface area (Å²) in [6.45, 7) is 0. The van der Waals surface area contributed by atoms with Crippen LogP contribution < -0.4 is 0 Å². The summed E-state index contributed by atoms with van der Waals surface area (Å²) in [6.07, 6.45) is 6.20. The molecule has 3 heterocycles. The molecule has 9 aromatic rings. The lowest BCUT2D eigenvalue weighted by atomic mass is 9.94. The van der Waals surface area contributed by atoms with Crippen LogP contribution >= 0.6 is 0 Å². The van der Waals surface area contributed by atoms with Gasteiger partial charge in [-0.2, -0.15) is 0 Å². The zero-order chi connectivity index (χ0) is 38.0. The maximum atomic E-state index is 6.25. The van der Waals surface area contributed by atoms with Crippen molar-refractivity contribution in [1.82, 2.24) is 15.0 Å². The van der Waals surface area contributed by atoms with Gasteiger partial charge in [0.15, 0.2) is 17.5 Å². The minimum Gasteiger partial charge on any atom is -0.456 e. The zero-order valence-corrected chi connectivity index (χ0v) is 31.1. The molecule has 0 saturated carbocycles. The predicted octanol–water partition coefficient (Wildman–Crippen LogP) is 13.1. The minimum absolute atomic E-state index is 0.587. The Bertz CT molecular complexity index is 2980. The third-order valence-corrected chi connectivity index (χ3v) is 10.5. The Hall–Kier alpha value is -7.50. The van der Waals surface area contributed by atoms with Crippen molar-refractivity contribution in [3.8, 4) is 45.3 Å². The summed E-state index contributed by atoms with van der Waals surface area (Å²) < 4.78 is 6.25. The number of fused-ring (bicyclic) bond motifs is 3. The van der Waals surface area contributed by atoms with E-state index in [1.165, 1.54) is 16.7 Å². The van der Waals surface area contributed by atoms with Gasteiger partial charge in [-0.3, -0.25) is 0 Å². The molecule has 0 unspecified atom stereocenters. The van der Waals surface area contributed by atoms with Gasteiger partial charge in [0, 0.05) is 33.0 Å². The van der Waals surface area contributed by atoms with Crippen molar-refractivity contribution in [3.05, 3.63) is 211 Å². The molecule has 5 heteroatoms. The second-order valence-electron chi connectivity index (χ2n) is 14.2. The number of nitrogens with zero attached hydrogens (tertiary/aromatic N) is 4. The summed E-state index contributed by atoms with van der Waals surface area (Å²) in [7, 11) is 0. The monoisotopic (exact) mass is 732 g/mol. The molecule has 2 aromatic heterocycles. The molecule has 0 aliphatic carbocycles. The summed E-state index contributed by atoms with van der Waals surface area (Å²) in [5.74, 6) is 1.81. The minimum atomic E-state index is 0.587. The average Bonchev–Trinajstić information content (AvgIpc) is 3.65. The number of hydrogen-bond donors (Lipinski definition) is 0. The van der Waals surface area contributed by atoms with E-state index in [-0.39, 0.29) is 0 Å². The first-order valence-electron chi connectivity index (χ1n) is 19.3. The molecule has 0 atom stereocenters. The third-order valence-electron chi connectivity index (χ3n) is 10.5. The number of para-hydroxylation sites is 1. The van der Waals surface area contributed by atoms with Crippen molar-refractivity contribution in [2.45, 2.75) is 12.8 Å². The van der Waals surface area contributed by atoms with Gasteiger partial charge in [-0.05, 0) is 71.0 Å². The van der Waals surface area contributed by atoms with Crippen LogP contribution in [0.2, 0.25) is 0 Å². The number of benzene rings is 7. The number of aliphatic imine (C=N–C) groups is 1. The molecule has 0 N–H and O–H groups in total. The summed E-state index contributed by atoms with van der Waals surface area (Å²) in [5, 5.41) is 2.15. The molecule has 7 aromatic carbocycles. The number of hydrogen-bond acceptors (Lipinski definition) is 5. The second kappa shape index (κ2) is 15.0. The first-order chi connectivity index (χ1) is 28.2. The number of furan rings is 1. The Kier molecular flexibility index (Phi) is 8.94. The van der Waals surface area contributed by atoms with Crippen LogP contribution in [-0.2, 0) is 0 Å². The topological polar surface area (TPSA) is 64.2 Å². The van der Waals surface area contributed by atoms with Gasteiger partial charge in [-0.1, -0.05) is 164 Å². The fourth-order valence-electron chi connectivity index (χ4n) is 7.51. The number of aromatic nitrogens is 3. The lowest BCUT2D eigenvalue weighted by Crippen LogP contribution is -2.03. The van der Waals surface area contributed by atoms with Crippen LogP contribution in [0.15, 0.2) is 204 Å². The Labute approximate surface area is 331 Å². The highest BCUT2D eigenvalue weighted by molar-refractivity contribution is 6.14. The lowest BCUT2D eigenvalue weighted by molar-refractivity contribution is 0.669. The standard InChI is InChI=1S/C52H36N4O/c1-4-14-35(15-5-1)36-26-28-38(29-27-36)47-33-41(21-13-24-46(53-47)37-16-6-2-7-17-37)40-20-12-22-42(32-40)51-54-50(39-18-8-3-9-19-39)55-52(56-51)43-30-31-45-44-23-10-11-25-48(44)57-49(45)34-43/h1-12,14-20,22-34H,13,21H2/b41-33+,46-24-,53-47+. The summed E-state index contributed by atoms with van der Waals surface area (Å²) >= 11 is 0. The maximum absolute atomic E-state index is 6.25. The van der Waals surface area contributed by atoms with Crippen molar-refractivity contribution >= 4 is 38.9 Å². The van der Waals surface area contributed by atoms with Crippen LogP contribution in [0, 0.1) is 0 Å². The van der Waals surface area contributed by atoms with Crippen LogP contribution in [0.4, 0.5) is 0 Å². The van der Waals surface area contributed by atoms with Crippen molar-refractivity contribution in [1.29, 1.82) is 0 Å². The van der Waals surface area contributed by atoms with Gasteiger partial charge in [-0.25, -0.2) is 19.9 Å². The Balaban J connectivity index is 1.06. The van der Waals surface area contributed by atoms with E-state index < -0.39 is 0 Å². The molecule has 0 spiro atoms. The quantitative estimate of drug-likeness (QED) is 0.164. The lowest BCUT2D eigenvalue weighted by Gasteiger charge is -2.15. The van der Waals surface area contributed by atoms with Gasteiger partial charge in [0.25, 0.3) is 0 Å². The van der Waals surface area contributed by atoms with Gasteiger partial charge in [0.1, 0.15) is 11.2 Å². The van der Waals surface area contributed by atoms with Crippen LogP contribution in [0.1, 0.15) is 29.5 Å². The summed E-state index contributed by atoms with van der Waals surface area (Å²) in [6, 6.07) is 62.5. The predicted molar refractivity (Wildman–Crippen MR) is 233 cm³/mol. The average molecular weight is 733 g/mol. The van der Waals surface area contributed by atoms with Crippen LogP contribution in [0.25, 0.3) is 78.5 Å². The second-order valence-corrected chi connectivity index (χ2v) is 14.2. The van der Waals surface area contributed by atoms with Crippen molar-refractivity contribution < 1.29 is 4.42 Å². The van der Waals surface area contributed by atoms with Gasteiger partial charge >= 0.3 is 0 Å². The molecule has 0 amide bonds. The van der Waals surface area contributed by atoms with E-state index in [0.29, 0.717) is 17.5 Å². The molecular formula is C52H36N4O.